The van der Waals surface area contributed by atoms with Gasteiger partial charge >= 0.3 is 0 Å². The highest BCUT2D eigenvalue weighted by Crippen LogP contribution is 2.23. The van der Waals surface area contributed by atoms with E-state index in [0.717, 1.165) is 23.6 Å². The zero-order valence-corrected chi connectivity index (χ0v) is 14.5. The Bertz CT molecular complexity index is 427. The average Bonchev–Trinajstić information content (AvgIpc) is 2.47. The number of aromatic nitrogens is 1. The Morgan fingerprint density at radius 2 is 1.90 bits per heavy atom. The molecule has 0 fully saturated rings. The van der Waals surface area contributed by atoms with Crippen LogP contribution in [0.3, 0.4) is 0 Å². The monoisotopic (exact) mass is 314 g/mol. The van der Waals surface area contributed by atoms with Crippen molar-refractivity contribution >= 4 is 17.4 Å². The van der Waals surface area contributed by atoms with Crippen LogP contribution in [-0.2, 0) is 15.4 Å². The Kier molecular flexibility index (Phi) is 8.01. The SMILES string of the molecule is COCCN(c1cc(CCl)cc(C(C)C)n1)C(C)COC. The third-order valence-corrected chi connectivity index (χ3v) is 3.72. The molecule has 0 bridgehead atoms. The molecule has 0 spiro atoms. The number of pyridine rings is 1. The molecule has 0 aliphatic carbocycles. The number of anilines is 1. The molecule has 0 aliphatic heterocycles. The number of nitrogens with zero attached hydrogens (tertiary/aromatic N) is 2. The van der Waals surface area contributed by atoms with Crippen molar-refractivity contribution in [1.29, 1.82) is 0 Å². The van der Waals surface area contributed by atoms with E-state index >= 15 is 0 Å². The molecule has 120 valence electrons. The molecule has 1 atom stereocenters. The van der Waals surface area contributed by atoms with Crippen molar-refractivity contribution in [1.82, 2.24) is 4.98 Å². The van der Waals surface area contributed by atoms with Gasteiger partial charge in [-0.05, 0) is 30.5 Å². The molecule has 1 unspecified atom stereocenters. The summed E-state index contributed by atoms with van der Waals surface area (Å²) in [5, 5.41) is 0. The Balaban J connectivity index is 3.12. The first-order chi connectivity index (χ1) is 10.0. The fourth-order valence-corrected chi connectivity index (χ4v) is 2.35. The Labute approximate surface area is 133 Å². The summed E-state index contributed by atoms with van der Waals surface area (Å²) in [6, 6.07) is 4.36. The molecular formula is C16H27ClN2O2. The van der Waals surface area contributed by atoms with Crippen LogP contribution in [0.25, 0.3) is 0 Å². The van der Waals surface area contributed by atoms with Crippen molar-refractivity contribution in [3.05, 3.63) is 23.4 Å². The van der Waals surface area contributed by atoms with Gasteiger partial charge in [-0.15, -0.1) is 11.6 Å². The van der Waals surface area contributed by atoms with Crippen LogP contribution in [-0.4, -0.2) is 45.0 Å². The standard InChI is InChI=1S/C16H27ClN2O2/c1-12(2)15-8-14(10-17)9-16(18-15)19(6-7-20-4)13(3)11-21-5/h8-9,12-13H,6-7,10-11H2,1-5H3. The lowest BCUT2D eigenvalue weighted by Crippen LogP contribution is -2.39. The fraction of sp³-hybridized carbons (Fsp3) is 0.688. The maximum Gasteiger partial charge on any atom is 0.129 e. The van der Waals surface area contributed by atoms with Gasteiger partial charge in [-0.3, -0.25) is 0 Å². The number of alkyl halides is 1. The minimum atomic E-state index is 0.225. The van der Waals surface area contributed by atoms with Crippen molar-refractivity contribution in [2.75, 3.05) is 38.9 Å². The van der Waals surface area contributed by atoms with Gasteiger partial charge in [-0.1, -0.05) is 13.8 Å². The predicted molar refractivity (Wildman–Crippen MR) is 88.4 cm³/mol. The summed E-state index contributed by atoms with van der Waals surface area (Å²) >= 11 is 6.03. The third-order valence-electron chi connectivity index (χ3n) is 3.41. The Hall–Kier alpha value is -0.840. The van der Waals surface area contributed by atoms with Crippen molar-refractivity contribution < 1.29 is 9.47 Å². The first-order valence-corrected chi connectivity index (χ1v) is 7.88. The van der Waals surface area contributed by atoms with E-state index in [1.807, 2.05) is 0 Å². The van der Waals surface area contributed by atoms with Gasteiger partial charge in [0.1, 0.15) is 5.82 Å². The summed E-state index contributed by atoms with van der Waals surface area (Å²) in [5.41, 5.74) is 2.16. The maximum absolute atomic E-state index is 6.03. The number of methoxy groups -OCH3 is 2. The van der Waals surface area contributed by atoms with Gasteiger partial charge in [0.15, 0.2) is 0 Å². The van der Waals surface area contributed by atoms with Crippen LogP contribution in [0.4, 0.5) is 5.82 Å². The molecule has 1 rings (SSSR count). The number of rotatable bonds is 9. The molecule has 0 aromatic carbocycles. The summed E-state index contributed by atoms with van der Waals surface area (Å²) in [7, 11) is 3.43. The topological polar surface area (TPSA) is 34.6 Å². The van der Waals surface area contributed by atoms with Crippen molar-refractivity contribution in [3.8, 4) is 0 Å². The second-order valence-electron chi connectivity index (χ2n) is 5.54. The molecule has 0 saturated heterocycles. The summed E-state index contributed by atoms with van der Waals surface area (Å²) in [4.78, 5) is 7.01. The van der Waals surface area contributed by atoms with Gasteiger partial charge in [0.25, 0.3) is 0 Å². The van der Waals surface area contributed by atoms with Crippen LogP contribution in [0, 0.1) is 0 Å². The van der Waals surface area contributed by atoms with Gasteiger partial charge in [-0.2, -0.15) is 0 Å². The highest BCUT2D eigenvalue weighted by Gasteiger charge is 2.17. The third kappa shape index (κ3) is 5.46. The molecule has 21 heavy (non-hydrogen) atoms. The lowest BCUT2D eigenvalue weighted by Gasteiger charge is -2.30. The van der Waals surface area contributed by atoms with E-state index in [4.69, 9.17) is 26.1 Å². The molecule has 1 heterocycles. The maximum atomic E-state index is 6.03. The molecule has 0 aliphatic rings. The molecule has 1 aromatic heterocycles. The van der Waals surface area contributed by atoms with Gasteiger partial charge in [0.2, 0.25) is 0 Å². The first-order valence-electron chi connectivity index (χ1n) is 7.34. The number of hydrogen-bond acceptors (Lipinski definition) is 4. The highest BCUT2D eigenvalue weighted by molar-refractivity contribution is 6.17. The van der Waals surface area contributed by atoms with E-state index in [-0.39, 0.29) is 6.04 Å². The zero-order valence-electron chi connectivity index (χ0n) is 13.7. The van der Waals surface area contributed by atoms with Crippen LogP contribution in [0.15, 0.2) is 12.1 Å². The van der Waals surface area contributed by atoms with Gasteiger partial charge in [0, 0.05) is 32.3 Å². The van der Waals surface area contributed by atoms with Gasteiger partial charge < -0.3 is 14.4 Å². The predicted octanol–water partition coefficient (Wildman–Crippen LogP) is 3.43. The van der Waals surface area contributed by atoms with E-state index in [1.54, 1.807) is 14.2 Å². The summed E-state index contributed by atoms with van der Waals surface area (Å²) in [5.74, 6) is 1.80. The number of ether oxygens (including phenoxy) is 2. The molecule has 0 saturated carbocycles. The largest absolute Gasteiger partial charge is 0.383 e. The molecule has 1 aromatic rings. The molecular weight excluding hydrogens is 288 g/mol. The molecule has 4 nitrogen and oxygen atoms in total. The summed E-state index contributed by atoms with van der Waals surface area (Å²) in [6.45, 7) is 8.48. The Morgan fingerprint density at radius 3 is 2.43 bits per heavy atom. The lowest BCUT2D eigenvalue weighted by atomic mass is 10.1. The van der Waals surface area contributed by atoms with Crippen LogP contribution in [0.5, 0.6) is 0 Å². The van der Waals surface area contributed by atoms with Crippen LogP contribution in [0.2, 0.25) is 0 Å². The van der Waals surface area contributed by atoms with E-state index in [2.05, 4.69) is 37.8 Å². The quantitative estimate of drug-likeness (QED) is 0.654. The van der Waals surface area contributed by atoms with E-state index in [0.29, 0.717) is 25.0 Å². The van der Waals surface area contributed by atoms with Gasteiger partial charge in [0.05, 0.1) is 19.3 Å². The number of hydrogen-bond donors (Lipinski definition) is 0. The molecule has 0 amide bonds. The lowest BCUT2D eigenvalue weighted by molar-refractivity contribution is 0.170. The molecule has 5 heteroatoms. The van der Waals surface area contributed by atoms with Gasteiger partial charge in [-0.25, -0.2) is 4.98 Å². The first kappa shape index (κ1) is 18.2. The summed E-state index contributed by atoms with van der Waals surface area (Å²) in [6.07, 6.45) is 0. The minimum absolute atomic E-state index is 0.225. The number of halogens is 1. The van der Waals surface area contributed by atoms with E-state index in [9.17, 15) is 0 Å². The van der Waals surface area contributed by atoms with E-state index < -0.39 is 0 Å². The smallest absolute Gasteiger partial charge is 0.129 e. The normalized spacial score (nSPS) is 12.7. The Morgan fingerprint density at radius 1 is 1.19 bits per heavy atom. The average molecular weight is 315 g/mol. The molecule has 0 radical (unpaired) electrons. The van der Waals surface area contributed by atoms with Crippen LogP contribution in [0.1, 0.15) is 37.9 Å². The minimum Gasteiger partial charge on any atom is -0.383 e. The van der Waals surface area contributed by atoms with Crippen molar-refractivity contribution in [2.24, 2.45) is 0 Å². The molecule has 0 N–H and O–H groups in total. The van der Waals surface area contributed by atoms with E-state index in [1.165, 1.54) is 0 Å². The zero-order chi connectivity index (χ0) is 15.8. The summed E-state index contributed by atoms with van der Waals surface area (Å²) < 4.78 is 10.5. The van der Waals surface area contributed by atoms with Crippen LogP contribution < -0.4 is 4.90 Å². The fourth-order valence-electron chi connectivity index (χ4n) is 2.20. The van der Waals surface area contributed by atoms with Crippen molar-refractivity contribution in [2.45, 2.75) is 38.6 Å². The highest BCUT2D eigenvalue weighted by atomic mass is 35.5. The second kappa shape index (κ2) is 9.23. The second-order valence-corrected chi connectivity index (χ2v) is 5.80. The van der Waals surface area contributed by atoms with Crippen LogP contribution >= 0.6 is 11.6 Å². The van der Waals surface area contributed by atoms with Crippen molar-refractivity contribution in [3.63, 3.8) is 0 Å².